The van der Waals surface area contributed by atoms with Crippen LogP contribution in [0.5, 0.6) is 11.5 Å². The minimum atomic E-state index is -0.256. The van der Waals surface area contributed by atoms with Gasteiger partial charge in [0.15, 0.2) is 16.3 Å². The van der Waals surface area contributed by atoms with E-state index in [1.165, 1.54) is 16.9 Å². The first-order valence-corrected chi connectivity index (χ1v) is 16.1. The van der Waals surface area contributed by atoms with Crippen LogP contribution in [0.4, 0.5) is 0 Å². The van der Waals surface area contributed by atoms with E-state index in [0.29, 0.717) is 44.1 Å². The van der Waals surface area contributed by atoms with Crippen LogP contribution in [0.3, 0.4) is 0 Å². The molecule has 5 aromatic rings. The summed E-state index contributed by atoms with van der Waals surface area (Å²) in [4.78, 5) is 19.9. The van der Waals surface area contributed by atoms with Crippen LogP contribution in [-0.4, -0.2) is 11.2 Å². The summed E-state index contributed by atoms with van der Waals surface area (Å²) >= 11 is 14.0. The summed E-state index contributed by atoms with van der Waals surface area (Å²) in [6, 6.07) is 29.3. The van der Waals surface area contributed by atoms with Gasteiger partial charge in [0.2, 0.25) is 0 Å². The van der Waals surface area contributed by atoms with Gasteiger partial charge in [-0.1, -0.05) is 95.2 Å². The number of aromatic nitrogens is 1. The molecule has 0 fully saturated rings. The molecule has 0 bridgehead atoms. The van der Waals surface area contributed by atoms with Gasteiger partial charge in [-0.3, -0.25) is 9.36 Å². The summed E-state index contributed by atoms with van der Waals surface area (Å²) in [6.45, 7) is 2.72. The summed E-state index contributed by atoms with van der Waals surface area (Å²) in [6.07, 6.45) is 3.64. The average molecular weight is 640 g/mol. The first-order valence-electron chi connectivity index (χ1n) is 14.5. The Kier molecular flexibility index (Phi) is 7.89. The summed E-state index contributed by atoms with van der Waals surface area (Å²) < 4.78 is 14.5. The van der Waals surface area contributed by atoms with Gasteiger partial charge in [-0.2, -0.15) is 0 Å². The zero-order valence-electron chi connectivity index (χ0n) is 23.9. The second kappa shape index (κ2) is 12.1. The van der Waals surface area contributed by atoms with Crippen molar-refractivity contribution in [2.45, 2.75) is 32.4 Å². The van der Waals surface area contributed by atoms with Crippen molar-refractivity contribution < 1.29 is 9.47 Å². The van der Waals surface area contributed by atoms with Crippen LogP contribution in [0.2, 0.25) is 10.0 Å². The molecule has 8 heteroatoms. The minimum Gasteiger partial charge on any atom is -0.490 e. The molecule has 2 aliphatic rings. The van der Waals surface area contributed by atoms with Gasteiger partial charge in [-0.25, -0.2) is 4.99 Å². The maximum absolute atomic E-state index is 14.1. The lowest BCUT2D eigenvalue weighted by Gasteiger charge is -2.30. The molecule has 0 N–H and O–H groups in total. The number of thiazole rings is 1. The Hall–Kier alpha value is -4.10. The fraction of sp³-hybridized carbons (Fsp3) is 0.167. The van der Waals surface area contributed by atoms with Gasteiger partial charge >= 0.3 is 0 Å². The first-order chi connectivity index (χ1) is 21.5. The molecule has 0 saturated heterocycles. The number of hydrogen-bond acceptors (Lipinski definition) is 5. The number of hydrogen-bond donors (Lipinski definition) is 0. The molecule has 1 atom stereocenters. The van der Waals surface area contributed by atoms with Gasteiger partial charge in [0.25, 0.3) is 5.56 Å². The van der Waals surface area contributed by atoms with Crippen LogP contribution >= 0.6 is 34.5 Å². The summed E-state index contributed by atoms with van der Waals surface area (Å²) in [5, 5.41) is 1.31. The third-order valence-electron chi connectivity index (χ3n) is 7.97. The molecule has 1 aromatic heterocycles. The monoisotopic (exact) mass is 638 g/mol. The Morgan fingerprint density at radius 1 is 0.932 bits per heavy atom. The third kappa shape index (κ3) is 5.38. The normalized spacial score (nSPS) is 15.7. The molecular formula is C36H28Cl2N2O3S. The molecular weight excluding hydrogens is 611 g/mol. The van der Waals surface area contributed by atoms with E-state index in [1.807, 2.05) is 84.3 Å². The standard InChI is InChI=1S/C36H28Cl2N2O3S/c1-2-42-31-19-22(11-18-30(31)43-21-25-8-4-6-10-29(25)38)20-32-35(41)40-34(24-12-15-26(37)16-13-24)28-17-14-23-7-3-5-9-27(23)33(28)39-36(40)44-32/h3-13,15-16,18-20,34H,2,14,17,21H2,1H3/b32-20-/t34-/m0/s1. The maximum atomic E-state index is 14.1. The van der Waals surface area contributed by atoms with Crippen molar-refractivity contribution in [1.29, 1.82) is 0 Å². The Labute approximate surface area is 269 Å². The van der Waals surface area contributed by atoms with Crippen LogP contribution in [0.25, 0.3) is 11.8 Å². The number of benzene rings is 4. The van der Waals surface area contributed by atoms with Gasteiger partial charge in [-0.15, -0.1) is 0 Å². The number of fused-ring (bicyclic) bond motifs is 3. The number of rotatable bonds is 7. The highest BCUT2D eigenvalue weighted by Gasteiger charge is 2.32. The molecule has 1 aliphatic carbocycles. The average Bonchev–Trinajstić information content (AvgIpc) is 3.35. The Morgan fingerprint density at radius 2 is 1.73 bits per heavy atom. The van der Waals surface area contributed by atoms with Crippen LogP contribution in [-0.2, 0) is 13.0 Å². The number of ether oxygens (including phenoxy) is 2. The minimum absolute atomic E-state index is 0.0730. The molecule has 5 nitrogen and oxygen atoms in total. The van der Waals surface area contributed by atoms with Crippen molar-refractivity contribution in [2.75, 3.05) is 6.61 Å². The highest BCUT2D eigenvalue weighted by Crippen LogP contribution is 2.41. The molecule has 2 heterocycles. The third-order valence-corrected chi connectivity index (χ3v) is 9.57. The fourth-order valence-corrected chi connectivity index (χ4v) is 7.21. The van der Waals surface area contributed by atoms with E-state index in [9.17, 15) is 4.79 Å². The molecule has 7 rings (SSSR count). The highest BCUT2D eigenvalue weighted by molar-refractivity contribution is 7.07. The predicted octanol–water partition coefficient (Wildman–Crippen LogP) is 7.60. The van der Waals surface area contributed by atoms with Crippen molar-refractivity contribution in [1.82, 2.24) is 4.57 Å². The van der Waals surface area contributed by atoms with Crippen molar-refractivity contribution >= 4 is 46.3 Å². The Morgan fingerprint density at radius 3 is 2.55 bits per heavy atom. The predicted molar refractivity (Wildman–Crippen MR) is 178 cm³/mol. The summed E-state index contributed by atoms with van der Waals surface area (Å²) in [5.41, 5.74) is 7.22. The van der Waals surface area contributed by atoms with Crippen LogP contribution in [0.15, 0.2) is 106 Å². The van der Waals surface area contributed by atoms with E-state index in [4.69, 9.17) is 37.7 Å². The maximum Gasteiger partial charge on any atom is 0.271 e. The van der Waals surface area contributed by atoms with Gasteiger partial charge < -0.3 is 9.47 Å². The van der Waals surface area contributed by atoms with E-state index in [0.717, 1.165) is 46.4 Å². The fourth-order valence-electron chi connectivity index (χ4n) is 5.89. The zero-order chi connectivity index (χ0) is 30.2. The smallest absolute Gasteiger partial charge is 0.271 e. The largest absolute Gasteiger partial charge is 0.490 e. The molecule has 0 radical (unpaired) electrons. The quantitative estimate of drug-likeness (QED) is 0.184. The SMILES string of the molecule is CCOc1cc(/C=c2\sc3n(c2=O)[C@@H](c2ccc(Cl)cc2)C2=C(N=3)c3ccccc3CC2)ccc1OCc1ccccc1Cl. The first kappa shape index (κ1) is 28.7. The lowest BCUT2D eigenvalue weighted by molar-refractivity contribution is 0.269. The van der Waals surface area contributed by atoms with E-state index < -0.39 is 0 Å². The van der Waals surface area contributed by atoms with Crippen molar-refractivity contribution in [2.24, 2.45) is 4.99 Å². The van der Waals surface area contributed by atoms with Gasteiger partial charge in [0.05, 0.1) is 22.9 Å². The lowest BCUT2D eigenvalue weighted by Crippen LogP contribution is -2.38. The number of aryl methyl sites for hydroxylation is 1. The van der Waals surface area contributed by atoms with Gasteiger partial charge in [0, 0.05) is 21.2 Å². The highest BCUT2D eigenvalue weighted by atomic mass is 35.5. The number of nitrogens with zero attached hydrogens (tertiary/aromatic N) is 2. The van der Waals surface area contributed by atoms with E-state index in [2.05, 4.69) is 24.3 Å². The number of allylic oxidation sites excluding steroid dienone is 1. The Balaban J connectivity index is 1.31. The molecule has 0 saturated carbocycles. The number of halogens is 2. The second-order valence-electron chi connectivity index (χ2n) is 10.7. The van der Waals surface area contributed by atoms with Gasteiger partial charge in [-0.05, 0) is 78.4 Å². The van der Waals surface area contributed by atoms with Crippen molar-refractivity contribution in [3.63, 3.8) is 0 Å². The topological polar surface area (TPSA) is 52.8 Å². The molecule has 0 unspecified atom stereocenters. The zero-order valence-corrected chi connectivity index (χ0v) is 26.3. The molecule has 0 amide bonds. The van der Waals surface area contributed by atoms with E-state index >= 15 is 0 Å². The van der Waals surface area contributed by atoms with Crippen LogP contribution < -0.4 is 24.4 Å². The molecule has 0 spiro atoms. The van der Waals surface area contributed by atoms with Crippen molar-refractivity contribution in [3.8, 4) is 11.5 Å². The Bertz CT molecular complexity index is 2100. The van der Waals surface area contributed by atoms with Crippen molar-refractivity contribution in [3.05, 3.63) is 154 Å². The van der Waals surface area contributed by atoms with Crippen LogP contribution in [0.1, 0.15) is 47.2 Å². The second-order valence-corrected chi connectivity index (χ2v) is 12.5. The summed E-state index contributed by atoms with van der Waals surface area (Å²) in [5.74, 6) is 1.21. The molecule has 220 valence electrons. The molecule has 44 heavy (non-hydrogen) atoms. The van der Waals surface area contributed by atoms with Crippen LogP contribution in [0, 0.1) is 0 Å². The molecule has 1 aliphatic heterocycles. The molecule has 4 aromatic carbocycles. The van der Waals surface area contributed by atoms with E-state index in [-0.39, 0.29) is 11.6 Å². The summed E-state index contributed by atoms with van der Waals surface area (Å²) in [7, 11) is 0. The lowest BCUT2D eigenvalue weighted by atomic mass is 9.83. The van der Waals surface area contributed by atoms with E-state index in [1.54, 1.807) is 0 Å². The van der Waals surface area contributed by atoms with Gasteiger partial charge in [0.1, 0.15) is 6.61 Å².